The summed E-state index contributed by atoms with van der Waals surface area (Å²) >= 11 is 11.9. The normalized spacial score (nSPS) is 17.6. The molecular weight excluding hydrogens is 267 g/mol. The minimum atomic E-state index is 0.400. The lowest BCUT2D eigenvalue weighted by molar-refractivity contribution is 0.774. The summed E-state index contributed by atoms with van der Waals surface area (Å²) in [7, 11) is 0. The van der Waals surface area contributed by atoms with Crippen molar-refractivity contribution < 1.29 is 0 Å². The summed E-state index contributed by atoms with van der Waals surface area (Å²) < 4.78 is 0. The molecule has 1 heterocycles. The van der Waals surface area contributed by atoms with Crippen LogP contribution in [0.5, 0.6) is 0 Å². The summed E-state index contributed by atoms with van der Waals surface area (Å²) in [5, 5.41) is 4.80. The maximum atomic E-state index is 6.01. The molecule has 0 saturated carbocycles. The molecule has 1 aliphatic carbocycles. The van der Waals surface area contributed by atoms with Crippen molar-refractivity contribution in [3.05, 3.63) is 57.8 Å². The molecule has 92 valence electrons. The Morgan fingerprint density at radius 2 is 1.89 bits per heavy atom. The smallest absolute Gasteiger partial charge is 0.131 e. The van der Waals surface area contributed by atoms with Gasteiger partial charge in [-0.1, -0.05) is 29.3 Å². The van der Waals surface area contributed by atoms with E-state index in [-0.39, 0.29) is 0 Å². The highest BCUT2D eigenvalue weighted by Gasteiger charge is 2.21. The van der Waals surface area contributed by atoms with Crippen LogP contribution in [0.1, 0.15) is 11.1 Å². The molecule has 0 bridgehead atoms. The molecule has 1 aromatic heterocycles. The third-order valence-corrected chi connectivity index (χ3v) is 3.64. The number of anilines is 1. The van der Waals surface area contributed by atoms with E-state index < -0.39 is 0 Å². The van der Waals surface area contributed by atoms with Crippen molar-refractivity contribution in [2.45, 2.75) is 18.9 Å². The van der Waals surface area contributed by atoms with E-state index in [2.05, 4.69) is 22.4 Å². The van der Waals surface area contributed by atoms with E-state index in [4.69, 9.17) is 23.2 Å². The predicted octanol–water partition coefficient (Wildman–Crippen LogP) is 3.97. The third kappa shape index (κ3) is 2.45. The maximum absolute atomic E-state index is 6.01. The molecule has 3 rings (SSSR count). The summed E-state index contributed by atoms with van der Waals surface area (Å²) in [5.74, 6) is 0. The molecule has 18 heavy (non-hydrogen) atoms. The molecule has 1 aliphatic rings. The molecule has 0 fully saturated rings. The summed E-state index contributed by atoms with van der Waals surface area (Å²) in [6, 6.07) is 10.3. The zero-order chi connectivity index (χ0) is 12.5. The van der Waals surface area contributed by atoms with Crippen molar-refractivity contribution in [3.8, 4) is 0 Å². The van der Waals surface area contributed by atoms with Gasteiger partial charge in [-0.3, -0.25) is 0 Å². The van der Waals surface area contributed by atoms with Gasteiger partial charge >= 0.3 is 0 Å². The van der Waals surface area contributed by atoms with Crippen molar-refractivity contribution in [1.29, 1.82) is 0 Å². The van der Waals surface area contributed by atoms with Crippen molar-refractivity contribution >= 4 is 28.9 Å². The zero-order valence-corrected chi connectivity index (χ0v) is 11.2. The molecule has 0 radical (unpaired) electrons. The number of aromatic nitrogens is 1. The SMILES string of the molecule is Clc1ccc2c(c1)CC(Nc1ccnc(Cl)c1)C2. The van der Waals surface area contributed by atoms with E-state index in [0.29, 0.717) is 11.2 Å². The number of hydrogen-bond acceptors (Lipinski definition) is 2. The molecule has 0 aliphatic heterocycles. The summed E-state index contributed by atoms with van der Waals surface area (Å²) in [5.41, 5.74) is 3.72. The zero-order valence-electron chi connectivity index (χ0n) is 9.66. The van der Waals surface area contributed by atoms with Gasteiger partial charge in [0.2, 0.25) is 0 Å². The molecule has 0 amide bonds. The van der Waals surface area contributed by atoms with E-state index in [9.17, 15) is 0 Å². The first-order valence-corrected chi connectivity index (χ1v) is 6.62. The summed E-state index contributed by atoms with van der Waals surface area (Å²) in [6.45, 7) is 0. The Kier molecular flexibility index (Phi) is 3.14. The Balaban J connectivity index is 1.74. The second-order valence-corrected chi connectivity index (χ2v) is 5.35. The number of nitrogens with one attached hydrogen (secondary N) is 1. The standard InChI is InChI=1S/C14H12Cl2N2/c15-11-2-1-9-6-13(7-10(9)5-11)18-12-3-4-17-14(16)8-12/h1-5,8,13H,6-7H2,(H,17,18). The van der Waals surface area contributed by atoms with Gasteiger partial charge in [-0.25, -0.2) is 4.98 Å². The van der Waals surface area contributed by atoms with E-state index >= 15 is 0 Å². The van der Waals surface area contributed by atoms with Crippen LogP contribution in [0, 0.1) is 0 Å². The van der Waals surface area contributed by atoms with Crippen LogP contribution in [0.2, 0.25) is 10.2 Å². The quantitative estimate of drug-likeness (QED) is 0.841. The summed E-state index contributed by atoms with van der Waals surface area (Å²) in [4.78, 5) is 3.97. The van der Waals surface area contributed by atoms with Gasteiger partial charge in [0, 0.05) is 22.9 Å². The minimum Gasteiger partial charge on any atom is -0.382 e. The lowest BCUT2D eigenvalue weighted by Crippen LogP contribution is -2.19. The van der Waals surface area contributed by atoms with Crippen molar-refractivity contribution in [1.82, 2.24) is 4.98 Å². The van der Waals surface area contributed by atoms with Gasteiger partial charge in [0.1, 0.15) is 5.15 Å². The number of halogens is 2. The van der Waals surface area contributed by atoms with Crippen LogP contribution in [0.3, 0.4) is 0 Å². The fourth-order valence-electron chi connectivity index (χ4n) is 2.42. The van der Waals surface area contributed by atoms with Gasteiger partial charge in [0.15, 0.2) is 0 Å². The number of hydrogen-bond donors (Lipinski definition) is 1. The highest BCUT2D eigenvalue weighted by Crippen LogP contribution is 2.27. The highest BCUT2D eigenvalue weighted by molar-refractivity contribution is 6.30. The molecule has 2 nitrogen and oxygen atoms in total. The first kappa shape index (κ1) is 11.8. The molecular formula is C14H12Cl2N2. The van der Waals surface area contributed by atoms with Gasteiger partial charge in [-0.2, -0.15) is 0 Å². The van der Waals surface area contributed by atoms with Crippen LogP contribution in [0.15, 0.2) is 36.5 Å². The number of pyridine rings is 1. The lowest BCUT2D eigenvalue weighted by atomic mass is 10.1. The van der Waals surface area contributed by atoms with E-state index in [1.54, 1.807) is 6.20 Å². The van der Waals surface area contributed by atoms with Crippen LogP contribution in [-0.4, -0.2) is 11.0 Å². The third-order valence-electron chi connectivity index (χ3n) is 3.20. The number of nitrogens with zero attached hydrogens (tertiary/aromatic N) is 1. The van der Waals surface area contributed by atoms with E-state index in [0.717, 1.165) is 23.6 Å². The molecule has 0 saturated heterocycles. The Labute approximate surface area is 116 Å². The minimum absolute atomic E-state index is 0.400. The highest BCUT2D eigenvalue weighted by atomic mass is 35.5. The van der Waals surface area contributed by atoms with E-state index in [1.165, 1.54) is 11.1 Å². The van der Waals surface area contributed by atoms with Gasteiger partial charge in [0.25, 0.3) is 0 Å². The Bertz CT molecular complexity index is 584. The van der Waals surface area contributed by atoms with Gasteiger partial charge in [-0.05, 0) is 48.2 Å². The number of rotatable bonds is 2. The van der Waals surface area contributed by atoms with Crippen molar-refractivity contribution in [2.24, 2.45) is 0 Å². The average Bonchev–Trinajstić information content (AvgIpc) is 2.70. The first-order valence-electron chi connectivity index (χ1n) is 5.86. The van der Waals surface area contributed by atoms with E-state index in [1.807, 2.05) is 18.2 Å². The van der Waals surface area contributed by atoms with Crippen LogP contribution in [-0.2, 0) is 12.8 Å². The average molecular weight is 279 g/mol. The first-order chi connectivity index (χ1) is 8.70. The topological polar surface area (TPSA) is 24.9 Å². The predicted molar refractivity (Wildman–Crippen MR) is 75.5 cm³/mol. The summed E-state index contributed by atoms with van der Waals surface area (Å²) in [6.07, 6.45) is 3.73. The molecule has 0 spiro atoms. The monoisotopic (exact) mass is 278 g/mol. The van der Waals surface area contributed by atoms with Crippen molar-refractivity contribution in [3.63, 3.8) is 0 Å². The Morgan fingerprint density at radius 3 is 2.72 bits per heavy atom. The Morgan fingerprint density at radius 1 is 1.06 bits per heavy atom. The molecule has 1 atom stereocenters. The van der Waals surface area contributed by atoms with Gasteiger partial charge < -0.3 is 5.32 Å². The number of benzene rings is 1. The second kappa shape index (κ2) is 4.79. The largest absolute Gasteiger partial charge is 0.382 e. The second-order valence-electron chi connectivity index (χ2n) is 4.53. The van der Waals surface area contributed by atoms with Crippen LogP contribution >= 0.6 is 23.2 Å². The Hall–Kier alpha value is -1.25. The van der Waals surface area contributed by atoms with Crippen LogP contribution < -0.4 is 5.32 Å². The fraction of sp³-hybridized carbons (Fsp3) is 0.214. The molecule has 1 aromatic carbocycles. The van der Waals surface area contributed by atoms with Gasteiger partial charge in [0.05, 0.1) is 0 Å². The number of fused-ring (bicyclic) bond motifs is 1. The maximum Gasteiger partial charge on any atom is 0.131 e. The molecule has 1 N–H and O–H groups in total. The fourth-order valence-corrected chi connectivity index (χ4v) is 2.79. The lowest BCUT2D eigenvalue weighted by Gasteiger charge is -2.13. The molecule has 1 unspecified atom stereocenters. The van der Waals surface area contributed by atoms with Gasteiger partial charge in [-0.15, -0.1) is 0 Å². The van der Waals surface area contributed by atoms with Crippen LogP contribution in [0.25, 0.3) is 0 Å². The van der Waals surface area contributed by atoms with Crippen molar-refractivity contribution in [2.75, 3.05) is 5.32 Å². The molecule has 4 heteroatoms. The molecule has 2 aromatic rings. The van der Waals surface area contributed by atoms with Crippen LogP contribution in [0.4, 0.5) is 5.69 Å².